The van der Waals surface area contributed by atoms with E-state index in [9.17, 15) is 14.7 Å². The summed E-state index contributed by atoms with van der Waals surface area (Å²) in [6.07, 6.45) is 3.11. The molecule has 0 radical (unpaired) electrons. The van der Waals surface area contributed by atoms with Gasteiger partial charge in [-0.15, -0.1) is 0 Å². The number of aliphatic imine (C=N–C) groups is 1. The van der Waals surface area contributed by atoms with Crippen molar-refractivity contribution < 1.29 is 14.6 Å². The summed E-state index contributed by atoms with van der Waals surface area (Å²) in [5.41, 5.74) is 2.58. The number of hydrogen-bond donors (Lipinski definition) is 1. The smallest absolute Gasteiger partial charge is 0.326 e. The molecule has 0 fully saturated rings. The van der Waals surface area contributed by atoms with E-state index in [-0.39, 0.29) is 18.5 Å². The van der Waals surface area contributed by atoms with Crippen LogP contribution in [0, 0.1) is 0 Å². The second kappa shape index (κ2) is 6.45. The minimum Gasteiger partial charge on any atom is -0.493 e. The molecule has 1 aliphatic heterocycles. The third kappa shape index (κ3) is 3.16. The fourth-order valence-corrected chi connectivity index (χ4v) is 3.21. The molecule has 2 heterocycles. The zero-order chi connectivity index (χ0) is 17.3. The molecule has 24 heavy (non-hydrogen) atoms. The van der Waals surface area contributed by atoms with Crippen molar-refractivity contribution in [2.75, 3.05) is 0 Å². The van der Waals surface area contributed by atoms with Crippen LogP contribution in [0.15, 0.2) is 34.1 Å². The highest BCUT2D eigenvalue weighted by atomic mass is 32.1. The van der Waals surface area contributed by atoms with E-state index in [0.29, 0.717) is 4.88 Å². The van der Waals surface area contributed by atoms with E-state index >= 15 is 0 Å². The lowest BCUT2D eigenvalue weighted by atomic mass is 10.1. The molecule has 0 bridgehead atoms. The van der Waals surface area contributed by atoms with E-state index in [4.69, 9.17) is 4.74 Å². The Labute approximate surface area is 142 Å². The van der Waals surface area contributed by atoms with Gasteiger partial charge in [-0.3, -0.25) is 19.1 Å². The van der Waals surface area contributed by atoms with Gasteiger partial charge in [0.05, 0.1) is 16.7 Å². The van der Waals surface area contributed by atoms with Crippen molar-refractivity contribution in [2.45, 2.75) is 26.5 Å². The Morgan fingerprint density at radius 1 is 1.42 bits per heavy atom. The fourth-order valence-electron chi connectivity index (χ4n) is 2.37. The summed E-state index contributed by atoms with van der Waals surface area (Å²) in [4.78, 5) is 28.0. The second-order valence-electron chi connectivity index (χ2n) is 5.56. The number of carbonyl (C=O) groups is 1. The molecule has 1 N–H and O–H groups in total. The van der Waals surface area contributed by atoms with Gasteiger partial charge in [-0.1, -0.05) is 29.5 Å². The Morgan fingerprint density at radius 3 is 2.92 bits per heavy atom. The standard InChI is InChI=1S/C17H16N2O4S/c1-10(2)23-15(20)9-19-16(21)14(24-17(19)22)7-11-8-18-13-6-4-3-5-12(11)13/h3-8,10,21H,9H2,1-2H3/b11-7-. The molecule has 7 heteroatoms. The van der Waals surface area contributed by atoms with Gasteiger partial charge in [0, 0.05) is 17.4 Å². The number of fused-ring (bicyclic) bond motifs is 1. The number of ether oxygens (including phenoxy) is 1. The predicted molar refractivity (Wildman–Crippen MR) is 93.9 cm³/mol. The van der Waals surface area contributed by atoms with Crippen LogP contribution in [0.25, 0.3) is 11.6 Å². The molecule has 1 aliphatic rings. The molecule has 6 nitrogen and oxygen atoms in total. The molecule has 0 unspecified atom stereocenters. The number of nitrogens with zero attached hydrogens (tertiary/aromatic N) is 2. The van der Waals surface area contributed by atoms with Crippen LogP contribution in [0.1, 0.15) is 24.3 Å². The molecule has 124 valence electrons. The Bertz CT molecular complexity index is 906. The third-order valence-corrected chi connectivity index (χ3v) is 4.31. The van der Waals surface area contributed by atoms with Crippen molar-refractivity contribution in [3.8, 4) is 5.88 Å². The minimum absolute atomic E-state index is 0.240. The lowest BCUT2D eigenvalue weighted by Crippen LogP contribution is -2.22. The normalized spacial score (nSPS) is 14.4. The van der Waals surface area contributed by atoms with Crippen LogP contribution in [-0.4, -0.2) is 28.0 Å². The average molecular weight is 344 g/mol. The van der Waals surface area contributed by atoms with Crippen LogP contribution in [0.2, 0.25) is 0 Å². The van der Waals surface area contributed by atoms with Gasteiger partial charge in [0.15, 0.2) is 0 Å². The summed E-state index contributed by atoms with van der Waals surface area (Å²) < 4.78 is 6.03. The van der Waals surface area contributed by atoms with Crippen LogP contribution >= 0.6 is 11.3 Å². The summed E-state index contributed by atoms with van der Waals surface area (Å²) in [7, 11) is 0. The first-order valence-corrected chi connectivity index (χ1v) is 8.24. The molecule has 0 spiro atoms. The Balaban J connectivity index is 1.91. The average Bonchev–Trinajstić information content (AvgIpc) is 3.04. The number of rotatable bonds is 4. The summed E-state index contributed by atoms with van der Waals surface area (Å²) in [5.74, 6) is -0.803. The maximum absolute atomic E-state index is 12.1. The number of thiazole rings is 1. The van der Waals surface area contributed by atoms with E-state index < -0.39 is 10.8 Å². The van der Waals surface area contributed by atoms with Gasteiger partial charge in [-0.25, -0.2) is 0 Å². The Kier molecular flexibility index (Phi) is 4.35. The quantitative estimate of drug-likeness (QED) is 0.865. The predicted octanol–water partition coefficient (Wildman–Crippen LogP) is 2.82. The summed E-state index contributed by atoms with van der Waals surface area (Å²) in [6.45, 7) is 3.13. The van der Waals surface area contributed by atoms with Gasteiger partial charge < -0.3 is 9.84 Å². The van der Waals surface area contributed by atoms with Gasteiger partial charge in [0.2, 0.25) is 5.88 Å². The third-order valence-electron chi connectivity index (χ3n) is 3.39. The number of hydrogen-bond acceptors (Lipinski definition) is 6. The number of para-hydroxylation sites is 1. The lowest BCUT2D eigenvalue weighted by Gasteiger charge is -2.08. The van der Waals surface area contributed by atoms with Crippen LogP contribution in [0.5, 0.6) is 5.88 Å². The first-order valence-electron chi connectivity index (χ1n) is 7.43. The summed E-state index contributed by atoms with van der Waals surface area (Å²) >= 11 is 0.875. The maximum Gasteiger partial charge on any atom is 0.326 e. The molecule has 2 aromatic rings. The maximum atomic E-state index is 12.1. The van der Waals surface area contributed by atoms with Gasteiger partial charge in [0.1, 0.15) is 6.54 Å². The van der Waals surface area contributed by atoms with E-state index in [2.05, 4.69) is 4.99 Å². The van der Waals surface area contributed by atoms with Crippen LogP contribution < -0.4 is 4.87 Å². The monoisotopic (exact) mass is 344 g/mol. The number of benzene rings is 1. The highest BCUT2D eigenvalue weighted by Gasteiger charge is 2.18. The molecule has 1 aromatic carbocycles. The highest BCUT2D eigenvalue weighted by molar-refractivity contribution is 7.10. The van der Waals surface area contributed by atoms with E-state index in [0.717, 1.165) is 32.7 Å². The largest absolute Gasteiger partial charge is 0.493 e. The van der Waals surface area contributed by atoms with Crippen molar-refractivity contribution in [3.05, 3.63) is 44.4 Å². The topological polar surface area (TPSA) is 80.9 Å². The molecule has 3 rings (SSSR count). The van der Waals surface area contributed by atoms with Gasteiger partial charge in [-0.05, 0) is 26.0 Å². The first kappa shape index (κ1) is 16.2. The molecule has 1 aromatic heterocycles. The summed E-state index contributed by atoms with van der Waals surface area (Å²) in [5, 5.41) is 10.3. The molecule has 0 amide bonds. The molecule has 0 saturated heterocycles. The Morgan fingerprint density at radius 2 is 2.17 bits per heavy atom. The van der Waals surface area contributed by atoms with E-state index in [1.807, 2.05) is 24.3 Å². The lowest BCUT2D eigenvalue weighted by molar-refractivity contribution is -0.148. The number of carbonyl (C=O) groups excluding carboxylic acids is 1. The SMILES string of the molecule is CC(C)OC(=O)Cn1c(O)c(/C=C2/C=Nc3ccccc32)sc1=O. The molecule has 0 saturated carbocycles. The van der Waals surface area contributed by atoms with Crippen molar-refractivity contribution in [1.29, 1.82) is 0 Å². The summed E-state index contributed by atoms with van der Waals surface area (Å²) in [6, 6.07) is 7.61. The van der Waals surface area contributed by atoms with Crippen LogP contribution in [0.3, 0.4) is 0 Å². The van der Waals surface area contributed by atoms with Gasteiger partial charge in [-0.2, -0.15) is 0 Å². The number of aromatic hydroxyl groups is 1. The Hall–Kier alpha value is -2.67. The second-order valence-corrected chi connectivity index (χ2v) is 6.55. The van der Waals surface area contributed by atoms with E-state index in [1.165, 1.54) is 0 Å². The number of allylic oxidation sites excluding steroid dienone is 1. The van der Waals surface area contributed by atoms with Gasteiger partial charge >= 0.3 is 10.8 Å². The molecule has 0 atom stereocenters. The zero-order valence-corrected chi connectivity index (χ0v) is 14.0. The zero-order valence-electron chi connectivity index (χ0n) is 13.2. The van der Waals surface area contributed by atoms with Crippen molar-refractivity contribution >= 4 is 40.9 Å². The van der Waals surface area contributed by atoms with Crippen molar-refractivity contribution in [1.82, 2.24) is 4.57 Å². The van der Waals surface area contributed by atoms with E-state index in [1.54, 1.807) is 26.1 Å². The van der Waals surface area contributed by atoms with Crippen LogP contribution in [0.4, 0.5) is 5.69 Å². The first-order chi connectivity index (χ1) is 11.5. The highest BCUT2D eigenvalue weighted by Crippen LogP contribution is 2.34. The number of aromatic nitrogens is 1. The molecular formula is C17H16N2O4S. The van der Waals surface area contributed by atoms with Gasteiger partial charge in [0.25, 0.3) is 0 Å². The number of esters is 1. The van der Waals surface area contributed by atoms with Crippen LogP contribution in [-0.2, 0) is 16.1 Å². The fraction of sp³-hybridized carbons (Fsp3) is 0.235. The van der Waals surface area contributed by atoms with Crippen molar-refractivity contribution in [3.63, 3.8) is 0 Å². The van der Waals surface area contributed by atoms with Crippen molar-refractivity contribution in [2.24, 2.45) is 4.99 Å². The minimum atomic E-state index is -0.563. The molecule has 0 aliphatic carbocycles. The molecular weight excluding hydrogens is 328 g/mol.